The summed E-state index contributed by atoms with van der Waals surface area (Å²) in [4.78, 5) is 2.49. The fraction of sp³-hybridized carbons (Fsp3) is 0.0938. The number of rotatable bonds is 4. The summed E-state index contributed by atoms with van der Waals surface area (Å²) >= 11 is 0. The predicted molar refractivity (Wildman–Crippen MR) is 279 cm³/mol. The molecular weight excluding hydrogens is 799 g/mol. The lowest BCUT2D eigenvalue weighted by Gasteiger charge is -2.29. The highest BCUT2D eigenvalue weighted by Gasteiger charge is 2.37. The Balaban J connectivity index is 1.05. The number of fused-ring (bicyclic) bond motifs is 16. The molecule has 0 unspecified atom stereocenters. The Morgan fingerprint density at radius 1 is 0.364 bits per heavy atom. The number of nitrogens with zero attached hydrogens (tertiary/aromatic N) is 1. The van der Waals surface area contributed by atoms with Crippen LogP contribution >= 0.6 is 0 Å². The van der Waals surface area contributed by atoms with E-state index in [-0.39, 0.29) is 10.8 Å². The molecule has 312 valence electrons. The zero-order chi connectivity index (χ0) is 44.1. The Morgan fingerprint density at radius 3 is 1.56 bits per heavy atom. The van der Waals surface area contributed by atoms with Gasteiger partial charge in [-0.3, -0.25) is 0 Å². The molecule has 0 saturated carbocycles. The predicted octanol–water partition coefficient (Wildman–Crippen LogP) is 17.9. The van der Waals surface area contributed by atoms with Crippen molar-refractivity contribution in [3.63, 3.8) is 0 Å². The lowest BCUT2D eigenvalue weighted by Crippen LogP contribution is -2.16. The Kier molecular flexibility index (Phi) is 7.55. The van der Waals surface area contributed by atoms with Crippen LogP contribution < -0.4 is 4.90 Å². The van der Waals surface area contributed by atoms with Gasteiger partial charge in [0.05, 0.1) is 11.1 Å². The number of benzene rings is 11. The molecule has 0 saturated heterocycles. The van der Waals surface area contributed by atoms with E-state index in [4.69, 9.17) is 4.42 Å². The van der Waals surface area contributed by atoms with Crippen molar-refractivity contribution >= 4 is 82.1 Å². The van der Waals surface area contributed by atoms with Crippen molar-refractivity contribution in [1.82, 2.24) is 0 Å². The SMILES string of the molecule is CC1(C)c2ccccc2-c2ccc(-c3c4ccccc4cc4c3oc3cccc(N(c5ccc6c(c5)C(C)(C)c5ccccc5-6)c5ccc6c7ccccc7c7ccccc7c6c5)c34)cc21. The molecule has 11 aromatic carbocycles. The van der Waals surface area contributed by atoms with Crippen LogP contribution in [0.2, 0.25) is 0 Å². The molecule has 14 rings (SSSR count). The smallest absolute Gasteiger partial charge is 0.143 e. The molecular formula is C64H45NO. The monoisotopic (exact) mass is 843 g/mol. The quantitative estimate of drug-likeness (QED) is 0.164. The lowest BCUT2D eigenvalue weighted by atomic mass is 9.81. The maximum Gasteiger partial charge on any atom is 0.143 e. The molecule has 0 spiro atoms. The van der Waals surface area contributed by atoms with Gasteiger partial charge in [-0.15, -0.1) is 0 Å². The van der Waals surface area contributed by atoms with Gasteiger partial charge in [-0.25, -0.2) is 0 Å². The van der Waals surface area contributed by atoms with E-state index >= 15 is 0 Å². The summed E-state index contributed by atoms with van der Waals surface area (Å²) in [6.07, 6.45) is 0. The van der Waals surface area contributed by atoms with Crippen molar-refractivity contribution in [2.75, 3.05) is 4.90 Å². The van der Waals surface area contributed by atoms with Gasteiger partial charge in [0.25, 0.3) is 0 Å². The lowest BCUT2D eigenvalue weighted by molar-refractivity contribution is 0.660. The summed E-state index contributed by atoms with van der Waals surface area (Å²) < 4.78 is 7.24. The average molecular weight is 844 g/mol. The van der Waals surface area contributed by atoms with Crippen molar-refractivity contribution in [2.24, 2.45) is 0 Å². The van der Waals surface area contributed by atoms with E-state index in [1.807, 2.05) is 0 Å². The van der Waals surface area contributed by atoms with Crippen molar-refractivity contribution in [2.45, 2.75) is 38.5 Å². The van der Waals surface area contributed by atoms with Gasteiger partial charge in [0.2, 0.25) is 0 Å². The number of hydrogen-bond donors (Lipinski definition) is 0. The first-order valence-corrected chi connectivity index (χ1v) is 23.3. The van der Waals surface area contributed by atoms with E-state index in [1.54, 1.807) is 0 Å². The molecule has 0 bridgehead atoms. The average Bonchev–Trinajstić information content (AvgIpc) is 3.92. The summed E-state index contributed by atoms with van der Waals surface area (Å²) in [6, 6.07) is 74.6. The third-order valence-corrected chi connectivity index (χ3v) is 15.4. The summed E-state index contributed by atoms with van der Waals surface area (Å²) in [5, 5.41) is 12.1. The van der Waals surface area contributed by atoms with Gasteiger partial charge in [-0.1, -0.05) is 179 Å². The second kappa shape index (κ2) is 13.3. The molecule has 1 aromatic heterocycles. The van der Waals surface area contributed by atoms with E-state index in [0.29, 0.717) is 0 Å². The van der Waals surface area contributed by atoms with Crippen LogP contribution in [0.3, 0.4) is 0 Å². The Bertz CT molecular complexity index is 4030. The van der Waals surface area contributed by atoms with Crippen LogP contribution in [0.15, 0.2) is 205 Å². The molecule has 12 aromatic rings. The molecule has 2 aliphatic rings. The zero-order valence-electron chi connectivity index (χ0n) is 37.4. The molecule has 0 atom stereocenters. The van der Waals surface area contributed by atoms with Crippen molar-refractivity contribution in [3.8, 4) is 33.4 Å². The van der Waals surface area contributed by atoms with Crippen molar-refractivity contribution in [1.29, 1.82) is 0 Å². The molecule has 0 amide bonds. The molecule has 1 heterocycles. The first-order chi connectivity index (χ1) is 32.3. The van der Waals surface area contributed by atoms with Gasteiger partial charge in [0, 0.05) is 33.2 Å². The van der Waals surface area contributed by atoms with Crippen LogP contribution in [0.4, 0.5) is 17.1 Å². The van der Waals surface area contributed by atoms with E-state index < -0.39 is 0 Å². The first-order valence-electron chi connectivity index (χ1n) is 23.3. The van der Waals surface area contributed by atoms with Gasteiger partial charge in [0.1, 0.15) is 11.2 Å². The van der Waals surface area contributed by atoms with Gasteiger partial charge < -0.3 is 9.32 Å². The molecule has 0 N–H and O–H groups in total. The highest BCUT2D eigenvalue weighted by molar-refractivity contribution is 6.26. The molecule has 0 radical (unpaired) electrons. The normalized spacial score (nSPS) is 14.3. The van der Waals surface area contributed by atoms with E-state index in [0.717, 1.165) is 44.6 Å². The standard InChI is InChI=1S/C64H45NO/c1-63(2)54-24-13-11-22-48(54)50-31-28-39(35-56(50)63)60-42-17-6-5-16-38(42)34-53-61-58(26-15-27-59(61)66-62(53)60)65(41-30-33-51-49-23-12-14-25-55(49)64(3,4)57(51)37-41)40-29-32-47-45-20-8-7-18-43(45)44-19-9-10-21-46(44)52(47)36-40/h5-37H,1-4H3. The Morgan fingerprint density at radius 2 is 0.879 bits per heavy atom. The molecule has 66 heavy (non-hydrogen) atoms. The summed E-state index contributed by atoms with van der Waals surface area (Å²) in [5.41, 5.74) is 17.8. The summed E-state index contributed by atoms with van der Waals surface area (Å²) in [5.74, 6) is 0. The van der Waals surface area contributed by atoms with Crippen molar-refractivity contribution < 1.29 is 4.42 Å². The summed E-state index contributed by atoms with van der Waals surface area (Å²) in [7, 11) is 0. The minimum atomic E-state index is -0.167. The van der Waals surface area contributed by atoms with Crippen LogP contribution in [0.1, 0.15) is 49.9 Å². The Labute approximate surface area is 384 Å². The minimum absolute atomic E-state index is 0.129. The Hall–Kier alpha value is -7.94. The largest absolute Gasteiger partial charge is 0.455 e. The summed E-state index contributed by atoms with van der Waals surface area (Å²) in [6.45, 7) is 9.46. The number of anilines is 3. The molecule has 2 aliphatic carbocycles. The third kappa shape index (κ3) is 5.02. The van der Waals surface area contributed by atoms with Crippen molar-refractivity contribution in [3.05, 3.63) is 222 Å². The molecule has 2 heteroatoms. The van der Waals surface area contributed by atoms with Crippen LogP contribution in [0.25, 0.3) is 98.4 Å². The molecule has 0 aliphatic heterocycles. The maximum absolute atomic E-state index is 7.24. The van der Waals surface area contributed by atoms with Crippen LogP contribution in [-0.2, 0) is 10.8 Å². The van der Waals surface area contributed by atoms with Gasteiger partial charge in [-0.05, 0) is 142 Å². The number of hydrogen-bond acceptors (Lipinski definition) is 2. The van der Waals surface area contributed by atoms with Crippen LogP contribution in [0, 0.1) is 0 Å². The highest BCUT2D eigenvalue weighted by atomic mass is 16.3. The first kappa shape index (κ1) is 37.4. The van der Waals surface area contributed by atoms with Crippen LogP contribution in [-0.4, -0.2) is 0 Å². The van der Waals surface area contributed by atoms with Gasteiger partial charge in [-0.2, -0.15) is 0 Å². The topological polar surface area (TPSA) is 16.4 Å². The zero-order valence-corrected chi connectivity index (χ0v) is 37.4. The van der Waals surface area contributed by atoms with E-state index in [2.05, 4.69) is 233 Å². The molecule has 2 nitrogen and oxygen atoms in total. The third-order valence-electron chi connectivity index (χ3n) is 15.4. The second-order valence-electron chi connectivity index (χ2n) is 19.6. The maximum atomic E-state index is 7.24. The number of furan rings is 1. The van der Waals surface area contributed by atoms with E-state index in [9.17, 15) is 0 Å². The van der Waals surface area contributed by atoms with Gasteiger partial charge in [0.15, 0.2) is 0 Å². The second-order valence-corrected chi connectivity index (χ2v) is 19.6. The van der Waals surface area contributed by atoms with Crippen LogP contribution in [0.5, 0.6) is 0 Å². The fourth-order valence-corrected chi connectivity index (χ4v) is 12.2. The molecule has 0 fully saturated rings. The fourth-order valence-electron chi connectivity index (χ4n) is 12.2. The van der Waals surface area contributed by atoms with E-state index in [1.165, 1.54) is 93.2 Å². The minimum Gasteiger partial charge on any atom is -0.455 e. The highest BCUT2D eigenvalue weighted by Crippen LogP contribution is 2.54. The van der Waals surface area contributed by atoms with Gasteiger partial charge >= 0.3 is 0 Å².